The molecule has 0 bridgehead atoms. The number of aryl methyl sites for hydroxylation is 1. The molecular weight excluding hydrogens is 206 g/mol. The fraction of sp³-hybridized carbons (Fsp3) is 0.333. The molecule has 84 valence electrons. The summed E-state index contributed by atoms with van der Waals surface area (Å²) in [5.74, 6) is -0.438. The largest absolute Gasteiger partial charge is 0.478 e. The standard InChI is InChI=1S/C12H13NO3/c1-3-9(7-13)16-10-4-5-11(12(14)15)8(2)6-10/h4-6,9H,3H2,1-2H3,(H,14,15). The van der Waals surface area contributed by atoms with E-state index in [1.165, 1.54) is 6.07 Å². The summed E-state index contributed by atoms with van der Waals surface area (Å²) in [4.78, 5) is 10.8. The van der Waals surface area contributed by atoms with Crippen molar-refractivity contribution >= 4 is 5.97 Å². The van der Waals surface area contributed by atoms with Crippen molar-refractivity contribution in [1.29, 1.82) is 5.26 Å². The van der Waals surface area contributed by atoms with Crippen LogP contribution in [0, 0.1) is 18.3 Å². The average Bonchev–Trinajstić information content (AvgIpc) is 2.25. The van der Waals surface area contributed by atoms with E-state index in [2.05, 4.69) is 0 Å². The summed E-state index contributed by atoms with van der Waals surface area (Å²) >= 11 is 0. The number of benzene rings is 1. The zero-order chi connectivity index (χ0) is 12.1. The number of ether oxygens (including phenoxy) is 1. The van der Waals surface area contributed by atoms with E-state index in [9.17, 15) is 4.79 Å². The average molecular weight is 219 g/mol. The SMILES string of the molecule is CCC(C#N)Oc1ccc(C(=O)O)c(C)c1. The molecule has 0 aromatic heterocycles. The number of hydrogen-bond acceptors (Lipinski definition) is 3. The number of hydrogen-bond donors (Lipinski definition) is 1. The Morgan fingerprint density at radius 1 is 1.62 bits per heavy atom. The van der Waals surface area contributed by atoms with E-state index >= 15 is 0 Å². The van der Waals surface area contributed by atoms with Crippen LogP contribution in [0.25, 0.3) is 0 Å². The first-order valence-electron chi connectivity index (χ1n) is 4.98. The fourth-order valence-corrected chi connectivity index (χ4v) is 1.31. The molecule has 0 heterocycles. The van der Waals surface area contributed by atoms with E-state index in [0.29, 0.717) is 17.7 Å². The lowest BCUT2D eigenvalue weighted by Crippen LogP contribution is -2.12. The van der Waals surface area contributed by atoms with Gasteiger partial charge in [0.25, 0.3) is 0 Å². The summed E-state index contributed by atoms with van der Waals surface area (Å²) in [6.45, 7) is 3.55. The minimum absolute atomic E-state index is 0.248. The highest BCUT2D eigenvalue weighted by Gasteiger charge is 2.10. The first kappa shape index (κ1) is 12.1. The first-order chi connectivity index (χ1) is 7.58. The van der Waals surface area contributed by atoms with Crippen molar-refractivity contribution in [2.24, 2.45) is 0 Å². The van der Waals surface area contributed by atoms with Crippen LogP contribution in [0.5, 0.6) is 5.75 Å². The molecule has 1 N–H and O–H groups in total. The lowest BCUT2D eigenvalue weighted by molar-refractivity contribution is 0.0696. The van der Waals surface area contributed by atoms with Gasteiger partial charge < -0.3 is 9.84 Å². The Bertz CT molecular complexity index is 434. The molecule has 0 saturated heterocycles. The van der Waals surface area contributed by atoms with Gasteiger partial charge in [0.2, 0.25) is 0 Å². The topological polar surface area (TPSA) is 70.3 Å². The second-order valence-electron chi connectivity index (χ2n) is 3.43. The molecule has 0 aliphatic carbocycles. The van der Waals surface area contributed by atoms with Gasteiger partial charge in [-0.05, 0) is 37.1 Å². The number of aromatic carboxylic acids is 1. The van der Waals surface area contributed by atoms with Crippen molar-refractivity contribution in [3.63, 3.8) is 0 Å². The molecule has 4 nitrogen and oxygen atoms in total. The second-order valence-corrected chi connectivity index (χ2v) is 3.43. The number of carboxylic acid groups (broad SMARTS) is 1. The number of carbonyl (C=O) groups is 1. The number of carboxylic acids is 1. The van der Waals surface area contributed by atoms with Crippen LogP contribution in [0.15, 0.2) is 18.2 Å². The quantitative estimate of drug-likeness (QED) is 0.843. The van der Waals surface area contributed by atoms with E-state index in [-0.39, 0.29) is 5.56 Å². The van der Waals surface area contributed by atoms with Gasteiger partial charge in [0.15, 0.2) is 6.10 Å². The third kappa shape index (κ3) is 2.74. The summed E-state index contributed by atoms with van der Waals surface area (Å²) in [6.07, 6.45) is 0.103. The molecule has 0 amide bonds. The Hall–Kier alpha value is -2.02. The van der Waals surface area contributed by atoms with Crippen molar-refractivity contribution in [2.75, 3.05) is 0 Å². The first-order valence-corrected chi connectivity index (χ1v) is 4.98. The summed E-state index contributed by atoms with van der Waals surface area (Å²) in [6, 6.07) is 6.70. The highest BCUT2D eigenvalue weighted by atomic mass is 16.5. The Kier molecular flexibility index (Phi) is 3.90. The Labute approximate surface area is 94.1 Å². The molecule has 0 aliphatic heterocycles. The maximum Gasteiger partial charge on any atom is 0.335 e. The molecule has 0 saturated carbocycles. The molecule has 1 aromatic rings. The lowest BCUT2D eigenvalue weighted by atomic mass is 10.1. The van der Waals surface area contributed by atoms with E-state index in [1.807, 2.05) is 13.0 Å². The monoisotopic (exact) mass is 219 g/mol. The van der Waals surface area contributed by atoms with Crippen LogP contribution in [0.1, 0.15) is 29.3 Å². The maximum absolute atomic E-state index is 10.8. The molecule has 4 heteroatoms. The van der Waals surface area contributed by atoms with Crippen LogP contribution < -0.4 is 4.74 Å². The molecule has 0 aliphatic rings. The molecule has 0 spiro atoms. The molecule has 1 atom stereocenters. The zero-order valence-electron chi connectivity index (χ0n) is 9.23. The van der Waals surface area contributed by atoms with E-state index in [1.54, 1.807) is 19.1 Å². The Morgan fingerprint density at radius 2 is 2.31 bits per heavy atom. The van der Waals surface area contributed by atoms with E-state index < -0.39 is 12.1 Å². The minimum atomic E-state index is -0.962. The van der Waals surface area contributed by atoms with Crippen molar-refractivity contribution in [1.82, 2.24) is 0 Å². The normalized spacial score (nSPS) is 11.6. The van der Waals surface area contributed by atoms with Crippen LogP contribution in [0.3, 0.4) is 0 Å². The Morgan fingerprint density at radius 3 is 2.75 bits per heavy atom. The van der Waals surface area contributed by atoms with Gasteiger partial charge in [-0.2, -0.15) is 5.26 Å². The predicted octanol–water partition coefficient (Wildman–Crippen LogP) is 2.37. The number of nitriles is 1. The van der Waals surface area contributed by atoms with Crippen LogP contribution in [-0.2, 0) is 0 Å². The molecule has 1 rings (SSSR count). The van der Waals surface area contributed by atoms with Crippen LogP contribution >= 0.6 is 0 Å². The van der Waals surface area contributed by atoms with Gasteiger partial charge in [0.05, 0.1) is 5.56 Å². The third-order valence-electron chi connectivity index (χ3n) is 2.22. The summed E-state index contributed by atoms with van der Waals surface area (Å²) in [5, 5.41) is 17.6. The van der Waals surface area contributed by atoms with E-state index in [0.717, 1.165) is 0 Å². The molecule has 1 aromatic carbocycles. The summed E-state index contributed by atoms with van der Waals surface area (Å²) < 4.78 is 5.37. The van der Waals surface area contributed by atoms with Crippen LogP contribution in [-0.4, -0.2) is 17.2 Å². The predicted molar refractivity (Wildman–Crippen MR) is 58.5 cm³/mol. The van der Waals surface area contributed by atoms with Gasteiger partial charge in [-0.15, -0.1) is 0 Å². The molecular formula is C12H13NO3. The van der Waals surface area contributed by atoms with Gasteiger partial charge in [-0.3, -0.25) is 0 Å². The summed E-state index contributed by atoms with van der Waals surface area (Å²) in [5.41, 5.74) is 0.871. The van der Waals surface area contributed by atoms with Gasteiger partial charge in [-0.1, -0.05) is 6.92 Å². The summed E-state index contributed by atoms with van der Waals surface area (Å²) in [7, 11) is 0. The Balaban J connectivity index is 2.90. The van der Waals surface area contributed by atoms with Crippen molar-refractivity contribution in [3.05, 3.63) is 29.3 Å². The van der Waals surface area contributed by atoms with Gasteiger partial charge in [0, 0.05) is 0 Å². The fourth-order valence-electron chi connectivity index (χ4n) is 1.31. The molecule has 1 unspecified atom stereocenters. The van der Waals surface area contributed by atoms with Crippen molar-refractivity contribution in [3.8, 4) is 11.8 Å². The molecule has 0 fully saturated rings. The number of rotatable bonds is 4. The molecule has 0 radical (unpaired) electrons. The van der Waals surface area contributed by atoms with Crippen molar-refractivity contribution < 1.29 is 14.6 Å². The van der Waals surface area contributed by atoms with Gasteiger partial charge >= 0.3 is 5.97 Å². The highest BCUT2D eigenvalue weighted by Crippen LogP contribution is 2.19. The van der Waals surface area contributed by atoms with Crippen molar-refractivity contribution in [2.45, 2.75) is 26.4 Å². The van der Waals surface area contributed by atoms with Gasteiger partial charge in [-0.25, -0.2) is 4.79 Å². The minimum Gasteiger partial charge on any atom is -0.478 e. The smallest absolute Gasteiger partial charge is 0.335 e. The molecule has 16 heavy (non-hydrogen) atoms. The van der Waals surface area contributed by atoms with E-state index in [4.69, 9.17) is 15.1 Å². The zero-order valence-corrected chi connectivity index (χ0v) is 9.23. The lowest BCUT2D eigenvalue weighted by Gasteiger charge is -2.11. The highest BCUT2D eigenvalue weighted by molar-refractivity contribution is 5.89. The third-order valence-corrected chi connectivity index (χ3v) is 2.22. The second kappa shape index (κ2) is 5.17. The maximum atomic E-state index is 10.8. The van der Waals surface area contributed by atoms with Gasteiger partial charge in [0.1, 0.15) is 11.8 Å². The number of nitrogens with zero attached hydrogens (tertiary/aromatic N) is 1. The van der Waals surface area contributed by atoms with Crippen LogP contribution in [0.4, 0.5) is 0 Å². The van der Waals surface area contributed by atoms with Crippen LogP contribution in [0.2, 0.25) is 0 Å².